The van der Waals surface area contributed by atoms with Gasteiger partial charge < -0.3 is 4.74 Å². The highest BCUT2D eigenvalue weighted by atomic mass is 127. The molecule has 0 aromatic heterocycles. The highest BCUT2D eigenvalue weighted by Gasteiger charge is 2.22. The van der Waals surface area contributed by atoms with Crippen LogP contribution in [0.5, 0.6) is 0 Å². The Hall–Kier alpha value is -0.490. The number of rotatable bonds is 1. The fraction of sp³-hybridized carbons (Fsp3) is 0.300. The summed E-state index contributed by atoms with van der Waals surface area (Å²) < 4.78 is 6.00. The van der Waals surface area contributed by atoms with Gasteiger partial charge in [0.1, 0.15) is 0 Å². The van der Waals surface area contributed by atoms with Gasteiger partial charge in [0.05, 0.1) is 17.3 Å². The SMILES string of the molecule is O=C1OCCCN1c1ccc(I)cc1Cl. The number of hydrogen-bond donors (Lipinski definition) is 0. The zero-order valence-corrected chi connectivity index (χ0v) is 10.8. The van der Waals surface area contributed by atoms with E-state index in [1.165, 1.54) is 0 Å². The molecule has 3 nitrogen and oxygen atoms in total. The van der Waals surface area contributed by atoms with E-state index in [9.17, 15) is 4.79 Å². The second kappa shape index (κ2) is 4.57. The Kier molecular flexibility index (Phi) is 3.35. The van der Waals surface area contributed by atoms with Crippen LogP contribution in [0, 0.1) is 3.57 Å². The Morgan fingerprint density at radius 1 is 1.47 bits per heavy atom. The molecule has 1 fully saturated rings. The van der Waals surface area contributed by atoms with Crippen LogP contribution in [0.15, 0.2) is 18.2 Å². The summed E-state index contributed by atoms with van der Waals surface area (Å²) >= 11 is 8.25. The van der Waals surface area contributed by atoms with Gasteiger partial charge in [-0.3, -0.25) is 4.90 Å². The average Bonchev–Trinajstić information content (AvgIpc) is 2.20. The molecular weight excluding hydrogens is 328 g/mol. The van der Waals surface area contributed by atoms with Gasteiger partial charge in [0.2, 0.25) is 0 Å². The Morgan fingerprint density at radius 3 is 2.93 bits per heavy atom. The van der Waals surface area contributed by atoms with Crippen molar-refractivity contribution >= 4 is 46.0 Å². The van der Waals surface area contributed by atoms with Crippen molar-refractivity contribution in [1.29, 1.82) is 0 Å². The summed E-state index contributed by atoms with van der Waals surface area (Å²) in [6.07, 6.45) is 0.526. The monoisotopic (exact) mass is 337 g/mol. The number of carbonyl (C=O) groups is 1. The Morgan fingerprint density at radius 2 is 2.27 bits per heavy atom. The summed E-state index contributed by atoms with van der Waals surface area (Å²) in [4.78, 5) is 13.0. The predicted molar refractivity (Wildman–Crippen MR) is 67.5 cm³/mol. The standard InChI is InChI=1S/C10H9ClINO2/c11-8-6-7(12)2-3-9(8)13-4-1-5-15-10(13)14/h2-3,6H,1,4-5H2. The normalized spacial score (nSPS) is 16.4. The molecule has 1 saturated heterocycles. The van der Waals surface area contributed by atoms with Crippen molar-refractivity contribution in [2.24, 2.45) is 0 Å². The third kappa shape index (κ3) is 2.36. The third-order valence-electron chi connectivity index (χ3n) is 2.17. The molecule has 0 saturated carbocycles. The van der Waals surface area contributed by atoms with Gasteiger partial charge in [0, 0.05) is 10.1 Å². The minimum Gasteiger partial charge on any atom is -0.449 e. The zero-order valence-electron chi connectivity index (χ0n) is 7.87. The van der Waals surface area contributed by atoms with Crippen LogP contribution < -0.4 is 4.90 Å². The molecule has 5 heteroatoms. The number of nitrogens with zero attached hydrogens (tertiary/aromatic N) is 1. The van der Waals surface area contributed by atoms with Gasteiger partial charge in [-0.05, 0) is 47.2 Å². The van der Waals surface area contributed by atoms with E-state index in [2.05, 4.69) is 22.6 Å². The lowest BCUT2D eigenvalue weighted by atomic mass is 10.2. The number of ether oxygens (including phenoxy) is 1. The van der Waals surface area contributed by atoms with Crippen molar-refractivity contribution < 1.29 is 9.53 Å². The van der Waals surface area contributed by atoms with Crippen LogP contribution in [-0.2, 0) is 4.74 Å². The summed E-state index contributed by atoms with van der Waals surface area (Å²) in [6, 6.07) is 5.60. The lowest BCUT2D eigenvalue weighted by Crippen LogP contribution is -2.37. The fourth-order valence-corrected chi connectivity index (χ4v) is 2.43. The van der Waals surface area contributed by atoms with Crippen molar-refractivity contribution in [2.75, 3.05) is 18.1 Å². The number of amides is 1. The molecule has 80 valence electrons. The van der Waals surface area contributed by atoms with Crippen molar-refractivity contribution in [3.05, 3.63) is 26.8 Å². The minimum atomic E-state index is -0.315. The highest BCUT2D eigenvalue weighted by molar-refractivity contribution is 14.1. The molecular formula is C10H9ClINO2. The predicted octanol–water partition coefficient (Wildman–Crippen LogP) is 3.29. The van der Waals surface area contributed by atoms with Gasteiger partial charge in [0.15, 0.2) is 0 Å². The maximum absolute atomic E-state index is 11.5. The van der Waals surface area contributed by atoms with Crippen molar-refractivity contribution in [1.82, 2.24) is 0 Å². The molecule has 1 aliphatic rings. The first-order chi connectivity index (χ1) is 7.18. The summed E-state index contributed by atoms with van der Waals surface area (Å²) in [7, 11) is 0. The number of anilines is 1. The molecule has 0 atom stereocenters. The Balaban J connectivity index is 2.31. The van der Waals surface area contributed by atoms with E-state index >= 15 is 0 Å². The molecule has 1 aromatic carbocycles. The minimum absolute atomic E-state index is 0.315. The topological polar surface area (TPSA) is 29.5 Å². The second-order valence-electron chi connectivity index (χ2n) is 3.22. The smallest absolute Gasteiger partial charge is 0.414 e. The van der Waals surface area contributed by atoms with Gasteiger partial charge in [-0.25, -0.2) is 4.79 Å². The van der Waals surface area contributed by atoms with Crippen molar-refractivity contribution in [3.8, 4) is 0 Å². The van der Waals surface area contributed by atoms with E-state index in [4.69, 9.17) is 16.3 Å². The lowest BCUT2D eigenvalue weighted by Gasteiger charge is -2.27. The summed E-state index contributed by atoms with van der Waals surface area (Å²) in [6.45, 7) is 1.16. The molecule has 0 spiro atoms. The van der Waals surface area contributed by atoms with Crippen LogP contribution in [0.3, 0.4) is 0 Å². The first-order valence-corrected chi connectivity index (χ1v) is 6.03. The highest BCUT2D eigenvalue weighted by Crippen LogP contribution is 2.29. The molecule has 2 rings (SSSR count). The molecule has 1 heterocycles. The number of hydrogen-bond acceptors (Lipinski definition) is 2. The molecule has 1 aliphatic heterocycles. The summed E-state index contributed by atoms with van der Waals surface area (Å²) in [5.41, 5.74) is 0.724. The first-order valence-electron chi connectivity index (χ1n) is 4.58. The van der Waals surface area contributed by atoms with E-state index in [0.717, 1.165) is 15.7 Å². The van der Waals surface area contributed by atoms with E-state index in [1.54, 1.807) is 4.90 Å². The lowest BCUT2D eigenvalue weighted by molar-refractivity contribution is 0.140. The van der Waals surface area contributed by atoms with E-state index in [0.29, 0.717) is 18.2 Å². The van der Waals surface area contributed by atoms with Crippen LogP contribution in [0.2, 0.25) is 5.02 Å². The Bertz CT molecular complexity index is 397. The maximum atomic E-state index is 11.5. The maximum Gasteiger partial charge on any atom is 0.414 e. The van der Waals surface area contributed by atoms with E-state index < -0.39 is 0 Å². The summed E-state index contributed by atoms with van der Waals surface area (Å²) in [5, 5.41) is 0.584. The van der Waals surface area contributed by atoms with E-state index in [-0.39, 0.29) is 6.09 Å². The molecule has 1 aromatic rings. The molecule has 0 radical (unpaired) electrons. The number of carbonyl (C=O) groups excluding carboxylic acids is 1. The molecule has 0 N–H and O–H groups in total. The van der Waals surface area contributed by atoms with Crippen LogP contribution >= 0.6 is 34.2 Å². The van der Waals surface area contributed by atoms with Gasteiger partial charge in [-0.1, -0.05) is 11.6 Å². The van der Waals surface area contributed by atoms with Crippen LogP contribution in [0.1, 0.15) is 6.42 Å². The van der Waals surface area contributed by atoms with Crippen LogP contribution in [0.25, 0.3) is 0 Å². The summed E-state index contributed by atoms with van der Waals surface area (Å²) in [5.74, 6) is 0. The molecule has 0 bridgehead atoms. The zero-order chi connectivity index (χ0) is 10.8. The van der Waals surface area contributed by atoms with Gasteiger partial charge in [0.25, 0.3) is 0 Å². The molecule has 1 amide bonds. The molecule has 0 aliphatic carbocycles. The Labute approximate surface area is 106 Å². The van der Waals surface area contributed by atoms with Crippen molar-refractivity contribution in [2.45, 2.75) is 6.42 Å². The van der Waals surface area contributed by atoms with Crippen molar-refractivity contribution in [3.63, 3.8) is 0 Å². The number of cyclic esters (lactones) is 1. The molecule has 15 heavy (non-hydrogen) atoms. The largest absolute Gasteiger partial charge is 0.449 e. The number of halogens is 2. The van der Waals surface area contributed by atoms with Gasteiger partial charge in [-0.15, -0.1) is 0 Å². The molecule has 0 unspecified atom stereocenters. The fourth-order valence-electron chi connectivity index (χ4n) is 1.47. The third-order valence-corrected chi connectivity index (χ3v) is 3.15. The average molecular weight is 338 g/mol. The van der Waals surface area contributed by atoms with Crippen LogP contribution in [0.4, 0.5) is 10.5 Å². The van der Waals surface area contributed by atoms with Gasteiger partial charge in [-0.2, -0.15) is 0 Å². The quantitative estimate of drug-likeness (QED) is 0.736. The van der Waals surface area contributed by atoms with E-state index in [1.807, 2.05) is 18.2 Å². The second-order valence-corrected chi connectivity index (χ2v) is 4.87. The van der Waals surface area contributed by atoms with Crippen LogP contribution in [-0.4, -0.2) is 19.2 Å². The first kappa shape index (κ1) is 11.0. The number of benzene rings is 1. The van der Waals surface area contributed by atoms with Gasteiger partial charge >= 0.3 is 6.09 Å².